The number of halogens is 6. The SMILES string of the molecule is CC12CCC(CCOc3ccc(C(F)(F)F)cc3)(O1)[C@H]1C(=O)N(c3ccc(C#N)c(C(F)(F)F)c3)C(=O)C12. The molecular formula is C26H20F6N2O4. The molecule has 3 unspecified atom stereocenters. The molecule has 2 bridgehead atoms. The summed E-state index contributed by atoms with van der Waals surface area (Å²) in [5.74, 6) is -3.08. The zero-order chi connectivity index (χ0) is 27.7. The normalized spacial score (nSPS) is 28.5. The largest absolute Gasteiger partial charge is 0.493 e. The van der Waals surface area contributed by atoms with Gasteiger partial charge in [-0.2, -0.15) is 31.6 Å². The maximum Gasteiger partial charge on any atom is 0.417 e. The number of ether oxygens (including phenoxy) is 2. The summed E-state index contributed by atoms with van der Waals surface area (Å²) >= 11 is 0. The molecule has 38 heavy (non-hydrogen) atoms. The summed E-state index contributed by atoms with van der Waals surface area (Å²) in [4.78, 5) is 27.7. The van der Waals surface area contributed by atoms with E-state index in [1.54, 1.807) is 6.92 Å². The second kappa shape index (κ2) is 8.46. The highest BCUT2D eigenvalue weighted by atomic mass is 19.4. The third-order valence-corrected chi connectivity index (χ3v) is 7.67. The van der Waals surface area contributed by atoms with Crippen molar-refractivity contribution >= 4 is 17.5 Å². The van der Waals surface area contributed by atoms with Gasteiger partial charge >= 0.3 is 12.4 Å². The Morgan fingerprint density at radius 3 is 2.26 bits per heavy atom. The van der Waals surface area contributed by atoms with Gasteiger partial charge in [0.25, 0.3) is 0 Å². The standard InChI is InChI=1S/C26H20F6N2O4/c1-23-8-9-24(38-23,10-11-37-17-6-3-15(4-7-17)25(27,28)29)20-19(23)21(35)34(22(20)36)16-5-2-14(13-33)18(12-16)26(30,31)32/h2-7,12,19-20H,8-11H2,1H3/t19?,20-,23?,24?/m1/s1. The van der Waals surface area contributed by atoms with E-state index in [4.69, 9.17) is 14.7 Å². The van der Waals surface area contributed by atoms with E-state index in [1.165, 1.54) is 18.2 Å². The summed E-state index contributed by atoms with van der Waals surface area (Å²) in [6.07, 6.45) is -8.39. The second-order valence-electron chi connectivity index (χ2n) is 9.91. The molecule has 0 aliphatic carbocycles. The van der Waals surface area contributed by atoms with Crippen LogP contribution in [0.5, 0.6) is 5.75 Å². The number of hydrogen-bond acceptors (Lipinski definition) is 5. The van der Waals surface area contributed by atoms with Crippen molar-refractivity contribution in [2.45, 2.75) is 49.7 Å². The Bertz CT molecular complexity index is 1350. The fourth-order valence-electron chi connectivity index (χ4n) is 5.95. The van der Waals surface area contributed by atoms with Crippen LogP contribution in [0.2, 0.25) is 0 Å². The third kappa shape index (κ3) is 4.00. The fourth-order valence-corrected chi connectivity index (χ4v) is 5.95. The van der Waals surface area contributed by atoms with Crippen molar-refractivity contribution in [1.82, 2.24) is 0 Å². The lowest BCUT2D eigenvalue weighted by Gasteiger charge is -2.31. The Morgan fingerprint density at radius 2 is 1.66 bits per heavy atom. The van der Waals surface area contributed by atoms with E-state index in [0.29, 0.717) is 18.9 Å². The summed E-state index contributed by atoms with van der Waals surface area (Å²) in [7, 11) is 0. The number of imide groups is 1. The van der Waals surface area contributed by atoms with E-state index in [1.807, 2.05) is 0 Å². The van der Waals surface area contributed by atoms with E-state index in [9.17, 15) is 35.9 Å². The quantitative estimate of drug-likeness (QED) is 0.372. The summed E-state index contributed by atoms with van der Waals surface area (Å²) in [6, 6.07) is 8.26. The molecule has 3 fully saturated rings. The molecule has 0 saturated carbocycles. The lowest BCUT2D eigenvalue weighted by molar-refractivity contribution is -0.138. The minimum Gasteiger partial charge on any atom is -0.493 e. The molecule has 2 aromatic carbocycles. The second-order valence-corrected chi connectivity index (χ2v) is 9.91. The third-order valence-electron chi connectivity index (χ3n) is 7.67. The van der Waals surface area contributed by atoms with Gasteiger partial charge in [-0.05, 0) is 62.2 Å². The van der Waals surface area contributed by atoms with Crippen molar-refractivity contribution in [3.63, 3.8) is 0 Å². The average molecular weight is 538 g/mol. The molecule has 2 amide bonds. The topological polar surface area (TPSA) is 79.6 Å². The number of rotatable bonds is 5. The van der Waals surface area contributed by atoms with Crippen LogP contribution in [0.15, 0.2) is 42.5 Å². The number of hydrogen-bond donors (Lipinski definition) is 0. The lowest BCUT2D eigenvalue weighted by Crippen LogP contribution is -2.43. The monoisotopic (exact) mass is 538 g/mol. The van der Waals surface area contributed by atoms with Gasteiger partial charge in [-0.25, -0.2) is 4.90 Å². The first-order valence-electron chi connectivity index (χ1n) is 11.7. The fraction of sp³-hybridized carbons (Fsp3) is 0.423. The van der Waals surface area contributed by atoms with Gasteiger partial charge in [-0.3, -0.25) is 9.59 Å². The molecule has 0 aromatic heterocycles. The zero-order valence-electron chi connectivity index (χ0n) is 19.8. The van der Waals surface area contributed by atoms with Crippen molar-refractivity contribution in [1.29, 1.82) is 5.26 Å². The van der Waals surface area contributed by atoms with E-state index in [2.05, 4.69) is 0 Å². The van der Waals surface area contributed by atoms with Crippen molar-refractivity contribution in [2.24, 2.45) is 11.8 Å². The minimum atomic E-state index is -4.87. The van der Waals surface area contributed by atoms with Crippen LogP contribution in [0.3, 0.4) is 0 Å². The Kier molecular flexibility index (Phi) is 5.80. The summed E-state index contributed by atoms with van der Waals surface area (Å²) in [6.45, 7) is 1.66. The number of fused-ring (bicyclic) bond motifs is 5. The highest BCUT2D eigenvalue weighted by Crippen LogP contribution is 2.62. The maximum absolute atomic E-state index is 13.5. The molecule has 200 valence electrons. The van der Waals surface area contributed by atoms with Crippen LogP contribution in [0, 0.1) is 23.2 Å². The van der Waals surface area contributed by atoms with Crippen LogP contribution in [0.4, 0.5) is 32.0 Å². The van der Waals surface area contributed by atoms with Gasteiger partial charge in [0, 0.05) is 6.42 Å². The van der Waals surface area contributed by atoms with Crippen LogP contribution in [0.1, 0.15) is 42.9 Å². The van der Waals surface area contributed by atoms with Crippen LogP contribution in [0.25, 0.3) is 0 Å². The number of benzene rings is 2. The Labute approximate surface area is 212 Å². The molecule has 12 heteroatoms. The molecule has 3 saturated heterocycles. The molecule has 0 spiro atoms. The van der Waals surface area contributed by atoms with Gasteiger partial charge in [0.05, 0.1) is 58.1 Å². The molecule has 3 heterocycles. The minimum absolute atomic E-state index is 0.0266. The molecule has 6 nitrogen and oxygen atoms in total. The average Bonchev–Trinajstić information content (AvgIpc) is 3.42. The molecular weight excluding hydrogens is 518 g/mol. The van der Waals surface area contributed by atoms with E-state index in [0.717, 1.165) is 29.2 Å². The highest BCUT2D eigenvalue weighted by Gasteiger charge is 2.73. The Morgan fingerprint density at radius 1 is 1.00 bits per heavy atom. The summed E-state index contributed by atoms with van der Waals surface area (Å²) < 4.78 is 90.7. The van der Waals surface area contributed by atoms with Gasteiger partial charge in [-0.1, -0.05) is 0 Å². The highest BCUT2D eigenvalue weighted by molar-refractivity contribution is 6.23. The van der Waals surface area contributed by atoms with E-state index in [-0.39, 0.29) is 24.5 Å². The lowest BCUT2D eigenvalue weighted by atomic mass is 9.67. The van der Waals surface area contributed by atoms with Crippen LogP contribution in [-0.4, -0.2) is 29.6 Å². The molecule has 5 rings (SSSR count). The zero-order valence-corrected chi connectivity index (χ0v) is 19.8. The molecule has 4 atom stereocenters. The summed E-state index contributed by atoms with van der Waals surface area (Å²) in [5, 5.41) is 9.06. The van der Waals surface area contributed by atoms with Crippen molar-refractivity contribution in [2.75, 3.05) is 11.5 Å². The van der Waals surface area contributed by atoms with E-state index < -0.39 is 63.9 Å². The number of nitrogens with zero attached hydrogens (tertiary/aromatic N) is 2. The number of carbonyl (C=O) groups excluding carboxylic acids is 2. The first-order chi connectivity index (χ1) is 17.7. The Hall–Kier alpha value is -3.59. The van der Waals surface area contributed by atoms with E-state index >= 15 is 0 Å². The first-order valence-corrected chi connectivity index (χ1v) is 11.7. The Balaban J connectivity index is 1.39. The molecule has 3 aliphatic rings. The smallest absolute Gasteiger partial charge is 0.417 e. The molecule has 0 N–H and O–H groups in total. The van der Waals surface area contributed by atoms with Crippen molar-refractivity contribution < 1.29 is 45.4 Å². The van der Waals surface area contributed by atoms with Crippen molar-refractivity contribution in [3.8, 4) is 11.8 Å². The van der Waals surface area contributed by atoms with Gasteiger partial charge in [0.1, 0.15) is 5.75 Å². The number of carbonyl (C=O) groups is 2. The van der Waals surface area contributed by atoms with Gasteiger partial charge in [-0.15, -0.1) is 0 Å². The van der Waals surface area contributed by atoms with Gasteiger partial charge < -0.3 is 9.47 Å². The first kappa shape index (κ1) is 26.0. The van der Waals surface area contributed by atoms with Gasteiger partial charge in [0.2, 0.25) is 11.8 Å². The molecule has 3 aliphatic heterocycles. The predicted octanol–water partition coefficient (Wildman–Crippen LogP) is 5.49. The summed E-state index contributed by atoms with van der Waals surface area (Å²) in [5.41, 5.74) is -5.12. The molecule has 2 aromatic rings. The maximum atomic E-state index is 13.5. The number of amides is 2. The van der Waals surface area contributed by atoms with Crippen LogP contribution >= 0.6 is 0 Å². The number of alkyl halides is 6. The van der Waals surface area contributed by atoms with Crippen molar-refractivity contribution in [3.05, 3.63) is 59.2 Å². The predicted molar refractivity (Wildman–Crippen MR) is 119 cm³/mol. The number of nitriles is 1. The number of anilines is 1. The van der Waals surface area contributed by atoms with Crippen LogP contribution < -0.4 is 9.64 Å². The van der Waals surface area contributed by atoms with Gasteiger partial charge in [0.15, 0.2) is 0 Å². The van der Waals surface area contributed by atoms with Crippen LogP contribution in [-0.2, 0) is 26.7 Å². The molecule has 0 radical (unpaired) electrons.